The normalized spacial score (nSPS) is 16.3. The van der Waals surface area contributed by atoms with Gasteiger partial charge in [-0.2, -0.15) is 5.10 Å². The van der Waals surface area contributed by atoms with Gasteiger partial charge in [0.2, 0.25) is 0 Å². The molecule has 6 nitrogen and oxygen atoms in total. The predicted molar refractivity (Wildman–Crippen MR) is 102 cm³/mol. The third-order valence-corrected chi connectivity index (χ3v) is 4.64. The van der Waals surface area contributed by atoms with Gasteiger partial charge in [-0.1, -0.05) is 6.07 Å². The van der Waals surface area contributed by atoms with Gasteiger partial charge in [0.15, 0.2) is 5.69 Å². The number of nitrogens with zero attached hydrogens (tertiary/aromatic N) is 3. The van der Waals surface area contributed by atoms with Crippen LogP contribution in [0.15, 0.2) is 36.7 Å². The highest BCUT2D eigenvalue weighted by atomic mass is 19.3. The maximum atomic E-state index is 13.0. The van der Waals surface area contributed by atoms with Crippen LogP contribution in [0.5, 0.6) is 0 Å². The SMILES string of the molecule is CC(C)NC(=O)c1n[nH]c2ccc(-c3cncc(CN4CC(F)(F)C4)c3)cc12. The number of carbonyl (C=O) groups excluding carboxylic acids is 1. The Kier molecular flexibility index (Phi) is 4.58. The number of aromatic amines is 1. The monoisotopic (exact) mass is 385 g/mol. The number of amides is 1. The van der Waals surface area contributed by atoms with Crippen molar-refractivity contribution in [1.29, 1.82) is 0 Å². The minimum Gasteiger partial charge on any atom is -0.348 e. The second-order valence-corrected chi connectivity index (χ2v) is 7.54. The molecule has 8 heteroatoms. The zero-order valence-electron chi connectivity index (χ0n) is 15.7. The minimum atomic E-state index is -2.58. The predicted octanol–water partition coefficient (Wildman–Crippen LogP) is 3.21. The molecule has 0 spiro atoms. The average Bonchev–Trinajstić information content (AvgIpc) is 3.03. The molecule has 1 fully saturated rings. The highest BCUT2D eigenvalue weighted by Gasteiger charge is 2.43. The molecule has 146 valence electrons. The summed E-state index contributed by atoms with van der Waals surface area (Å²) in [5.41, 5.74) is 3.74. The zero-order valence-corrected chi connectivity index (χ0v) is 15.7. The van der Waals surface area contributed by atoms with Crippen LogP contribution in [0.1, 0.15) is 29.9 Å². The summed E-state index contributed by atoms with van der Waals surface area (Å²) < 4.78 is 26.1. The highest BCUT2D eigenvalue weighted by molar-refractivity contribution is 6.05. The largest absolute Gasteiger partial charge is 0.348 e. The summed E-state index contributed by atoms with van der Waals surface area (Å²) in [4.78, 5) is 18.3. The second kappa shape index (κ2) is 6.94. The van der Waals surface area contributed by atoms with Gasteiger partial charge in [0.05, 0.1) is 18.6 Å². The first-order chi connectivity index (χ1) is 13.3. The van der Waals surface area contributed by atoms with E-state index in [9.17, 15) is 13.6 Å². The van der Waals surface area contributed by atoms with Crippen LogP contribution in [0, 0.1) is 0 Å². The summed E-state index contributed by atoms with van der Waals surface area (Å²) in [5.74, 6) is -2.81. The van der Waals surface area contributed by atoms with Crippen molar-refractivity contribution < 1.29 is 13.6 Å². The van der Waals surface area contributed by atoms with Gasteiger partial charge in [-0.05, 0) is 43.2 Å². The molecular weight excluding hydrogens is 364 g/mol. The topological polar surface area (TPSA) is 73.9 Å². The van der Waals surface area contributed by atoms with Crippen LogP contribution in [0.25, 0.3) is 22.0 Å². The maximum Gasteiger partial charge on any atom is 0.272 e. The molecule has 3 heterocycles. The van der Waals surface area contributed by atoms with Crippen molar-refractivity contribution in [2.45, 2.75) is 32.4 Å². The summed E-state index contributed by atoms with van der Waals surface area (Å²) in [7, 11) is 0. The molecule has 0 unspecified atom stereocenters. The Labute approximate surface area is 161 Å². The fraction of sp³-hybridized carbons (Fsp3) is 0.350. The molecule has 3 aromatic rings. The van der Waals surface area contributed by atoms with Crippen LogP contribution in [-0.2, 0) is 6.54 Å². The Morgan fingerprint density at radius 1 is 1.25 bits per heavy atom. The smallest absolute Gasteiger partial charge is 0.272 e. The van der Waals surface area contributed by atoms with E-state index in [0.29, 0.717) is 12.2 Å². The number of halogens is 2. The van der Waals surface area contributed by atoms with Crippen molar-refractivity contribution in [1.82, 2.24) is 25.4 Å². The fourth-order valence-corrected chi connectivity index (χ4v) is 3.41. The maximum absolute atomic E-state index is 13.0. The molecule has 1 aromatic carbocycles. The van der Waals surface area contributed by atoms with Gasteiger partial charge in [-0.25, -0.2) is 8.78 Å². The van der Waals surface area contributed by atoms with Gasteiger partial charge in [-0.3, -0.25) is 19.8 Å². The molecule has 0 aliphatic carbocycles. The van der Waals surface area contributed by atoms with Crippen molar-refractivity contribution in [2.75, 3.05) is 13.1 Å². The lowest BCUT2D eigenvalue weighted by atomic mass is 10.0. The summed E-state index contributed by atoms with van der Waals surface area (Å²) >= 11 is 0. The van der Waals surface area contributed by atoms with E-state index < -0.39 is 5.92 Å². The third kappa shape index (κ3) is 3.73. The molecule has 0 saturated carbocycles. The molecule has 0 radical (unpaired) electrons. The lowest BCUT2D eigenvalue weighted by Crippen LogP contribution is -2.55. The quantitative estimate of drug-likeness (QED) is 0.707. The molecule has 1 aliphatic rings. The third-order valence-electron chi connectivity index (χ3n) is 4.64. The molecule has 0 bridgehead atoms. The van der Waals surface area contributed by atoms with Crippen LogP contribution in [0.4, 0.5) is 8.78 Å². The Morgan fingerprint density at radius 3 is 2.75 bits per heavy atom. The van der Waals surface area contributed by atoms with E-state index in [1.807, 2.05) is 38.1 Å². The molecule has 1 aliphatic heterocycles. The van der Waals surface area contributed by atoms with E-state index in [1.165, 1.54) is 0 Å². The molecule has 1 saturated heterocycles. The molecule has 28 heavy (non-hydrogen) atoms. The number of hydrogen-bond donors (Lipinski definition) is 2. The van der Waals surface area contributed by atoms with Crippen LogP contribution in [0.3, 0.4) is 0 Å². The number of rotatable bonds is 5. The summed E-state index contributed by atoms with van der Waals surface area (Å²) in [6, 6.07) is 7.64. The number of nitrogens with one attached hydrogen (secondary N) is 2. The number of likely N-dealkylation sites (tertiary alicyclic amines) is 1. The van der Waals surface area contributed by atoms with Crippen LogP contribution in [-0.4, -0.2) is 51.0 Å². The van der Waals surface area contributed by atoms with Crippen molar-refractivity contribution in [2.24, 2.45) is 0 Å². The minimum absolute atomic E-state index is 0.0113. The lowest BCUT2D eigenvalue weighted by Gasteiger charge is -2.38. The van der Waals surface area contributed by atoms with E-state index in [-0.39, 0.29) is 25.0 Å². The number of fused-ring (bicyclic) bond motifs is 1. The fourth-order valence-electron chi connectivity index (χ4n) is 3.41. The summed E-state index contributed by atoms with van der Waals surface area (Å²) in [5, 5.41) is 10.6. The Bertz CT molecular complexity index is 1020. The number of hydrogen-bond acceptors (Lipinski definition) is 4. The molecule has 0 atom stereocenters. The number of pyridine rings is 1. The number of carbonyl (C=O) groups is 1. The molecule has 2 N–H and O–H groups in total. The van der Waals surface area contributed by atoms with Crippen LogP contribution < -0.4 is 5.32 Å². The average molecular weight is 385 g/mol. The van der Waals surface area contributed by atoms with Gasteiger partial charge in [0.1, 0.15) is 0 Å². The molecule has 2 aromatic heterocycles. The van der Waals surface area contributed by atoms with E-state index in [4.69, 9.17) is 0 Å². The summed E-state index contributed by atoms with van der Waals surface area (Å²) in [6.07, 6.45) is 3.42. The van der Waals surface area contributed by atoms with E-state index in [2.05, 4.69) is 20.5 Å². The first kappa shape index (κ1) is 18.5. The number of H-pyrrole nitrogens is 1. The van der Waals surface area contributed by atoms with Gasteiger partial charge in [0, 0.05) is 35.9 Å². The molecular formula is C20H21F2N5O. The van der Waals surface area contributed by atoms with Crippen LogP contribution in [0.2, 0.25) is 0 Å². The van der Waals surface area contributed by atoms with Crippen molar-refractivity contribution in [3.8, 4) is 11.1 Å². The van der Waals surface area contributed by atoms with E-state index in [1.54, 1.807) is 17.3 Å². The van der Waals surface area contributed by atoms with Crippen LogP contribution >= 0.6 is 0 Å². The number of benzene rings is 1. The standard InChI is InChI=1S/C20H21F2N5O/c1-12(2)24-19(28)18-16-6-14(3-4-17(16)25-26-18)15-5-13(7-23-8-15)9-27-10-20(21,22)11-27/h3-8,12H,9-11H2,1-2H3,(H,24,28)(H,25,26). The number of aromatic nitrogens is 3. The lowest BCUT2D eigenvalue weighted by molar-refractivity contribution is -0.133. The van der Waals surface area contributed by atoms with Crippen molar-refractivity contribution in [3.63, 3.8) is 0 Å². The first-order valence-electron chi connectivity index (χ1n) is 9.14. The number of alkyl halides is 2. The summed E-state index contributed by atoms with van der Waals surface area (Å²) in [6.45, 7) is 3.79. The molecule has 1 amide bonds. The van der Waals surface area contributed by atoms with Crippen molar-refractivity contribution >= 4 is 16.8 Å². The Hall–Kier alpha value is -2.87. The Morgan fingerprint density at radius 2 is 2.04 bits per heavy atom. The first-order valence-corrected chi connectivity index (χ1v) is 9.14. The highest BCUT2D eigenvalue weighted by Crippen LogP contribution is 2.29. The van der Waals surface area contributed by atoms with Gasteiger partial charge < -0.3 is 5.32 Å². The van der Waals surface area contributed by atoms with E-state index in [0.717, 1.165) is 27.6 Å². The zero-order chi connectivity index (χ0) is 19.9. The van der Waals surface area contributed by atoms with E-state index >= 15 is 0 Å². The Balaban J connectivity index is 1.60. The van der Waals surface area contributed by atoms with Gasteiger partial charge in [-0.15, -0.1) is 0 Å². The van der Waals surface area contributed by atoms with Crippen molar-refractivity contribution in [3.05, 3.63) is 47.9 Å². The molecule has 4 rings (SSSR count). The second-order valence-electron chi connectivity index (χ2n) is 7.54. The van der Waals surface area contributed by atoms with Gasteiger partial charge in [0.25, 0.3) is 11.8 Å². The van der Waals surface area contributed by atoms with Gasteiger partial charge >= 0.3 is 0 Å².